The van der Waals surface area contributed by atoms with Crippen molar-refractivity contribution in [1.82, 2.24) is 9.80 Å². The Hall–Kier alpha value is -1.52. The van der Waals surface area contributed by atoms with E-state index < -0.39 is 5.97 Å². The Kier molecular flexibility index (Phi) is 3.44. The van der Waals surface area contributed by atoms with Crippen LogP contribution in [0, 0.1) is 11.3 Å². The highest BCUT2D eigenvalue weighted by molar-refractivity contribution is 5.78. The van der Waals surface area contributed by atoms with Crippen molar-refractivity contribution in [2.75, 3.05) is 26.2 Å². The van der Waals surface area contributed by atoms with Crippen LogP contribution in [0.1, 0.15) is 32.1 Å². The molecule has 0 aromatic carbocycles. The summed E-state index contributed by atoms with van der Waals surface area (Å²) in [5.41, 5.74) is -0.160. The average molecular weight is 278 g/mol. The number of aliphatic carboxylic acids is 1. The molecule has 2 amide bonds. The van der Waals surface area contributed by atoms with Crippen molar-refractivity contribution < 1.29 is 14.7 Å². The maximum absolute atomic E-state index is 12.5. The first-order valence-corrected chi connectivity index (χ1v) is 7.54. The van der Waals surface area contributed by atoms with Crippen LogP contribution in [0.15, 0.2) is 12.2 Å². The molecular formula is C15H22N2O3. The van der Waals surface area contributed by atoms with E-state index in [1.54, 1.807) is 4.90 Å². The van der Waals surface area contributed by atoms with Crippen LogP contribution in [0.25, 0.3) is 0 Å². The largest absolute Gasteiger partial charge is 0.481 e. The topological polar surface area (TPSA) is 60.9 Å². The lowest BCUT2D eigenvalue weighted by Crippen LogP contribution is -2.44. The molecule has 0 aromatic heterocycles. The summed E-state index contributed by atoms with van der Waals surface area (Å²) in [7, 11) is 0. The van der Waals surface area contributed by atoms with E-state index in [2.05, 4.69) is 6.08 Å². The molecule has 2 aliphatic heterocycles. The number of urea groups is 1. The molecule has 0 radical (unpaired) electrons. The van der Waals surface area contributed by atoms with Crippen molar-refractivity contribution >= 4 is 12.0 Å². The van der Waals surface area contributed by atoms with Crippen molar-refractivity contribution in [2.24, 2.45) is 11.3 Å². The van der Waals surface area contributed by atoms with E-state index in [-0.39, 0.29) is 17.4 Å². The lowest BCUT2D eigenvalue weighted by molar-refractivity contribution is -0.144. The van der Waals surface area contributed by atoms with Gasteiger partial charge in [-0.2, -0.15) is 0 Å². The molecular weight excluding hydrogens is 256 g/mol. The molecule has 1 spiro atoms. The fourth-order valence-corrected chi connectivity index (χ4v) is 4.06. The lowest BCUT2D eigenvalue weighted by Gasteiger charge is -2.30. The molecule has 0 aromatic rings. The van der Waals surface area contributed by atoms with Gasteiger partial charge in [-0.15, -0.1) is 0 Å². The molecule has 20 heavy (non-hydrogen) atoms. The normalized spacial score (nSPS) is 28.3. The van der Waals surface area contributed by atoms with Crippen LogP contribution in [-0.4, -0.2) is 53.1 Å². The van der Waals surface area contributed by atoms with Crippen molar-refractivity contribution in [3.63, 3.8) is 0 Å². The first kappa shape index (κ1) is 13.5. The Morgan fingerprint density at radius 3 is 2.50 bits per heavy atom. The van der Waals surface area contributed by atoms with Gasteiger partial charge in [0.15, 0.2) is 0 Å². The predicted octanol–water partition coefficient (Wildman–Crippen LogP) is 1.95. The molecule has 1 unspecified atom stereocenters. The van der Waals surface area contributed by atoms with Gasteiger partial charge in [-0.3, -0.25) is 4.79 Å². The number of hydrogen-bond acceptors (Lipinski definition) is 2. The number of carbonyl (C=O) groups is 2. The highest BCUT2D eigenvalue weighted by Crippen LogP contribution is 2.49. The van der Waals surface area contributed by atoms with E-state index in [0.29, 0.717) is 19.6 Å². The van der Waals surface area contributed by atoms with Gasteiger partial charge in [0.05, 0.1) is 5.92 Å². The smallest absolute Gasteiger partial charge is 0.320 e. The standard InChI is InChI=1S/C15H22N2O3/c18-13(19)12-10-17(11-15(12)6-2-3-7-15)14(20)16-8-4-1-5-9-16/h1,4,12H,2-3,5-11H2,(H,18,19). The summed E-state index contributed by atoms with van der Waals surface area (Å²) in [4.78, 5) is 27.7. The van der Waals surface area contributed by atoms with E-state index >= 15 is 0 Å². The van der Waals surface area contributed by atoms with Crippen LogP contribution >= 0.6 is 0 Å². The van der Waals surface area contributed by atoms with Crippen molar-refractivity contribution in [3.8, 4) is 0 Å². The third kappa shape index (κ3) is 2.19. The minimum atomic E-state index is -0.735. The Morgan fingerprint density at radius 2 is 1.90 bits per heavy atom. The predicted molar refractivity (Wildman–Crippen MR) is 74.3 cm³/mol. The maximum Gasteiger partial charge on any atom is 0.320 e. The summed E-state index contributed by atoms with van der Waals surface area (Å²) in [6.07, 6.45) is 9.09. The number of carboxylic acids is 1. The molecule has 1 aliphatic carbocycles. The van der Waals surface area contributed by atoms with Crippen LogP contribution in [0.4, 0.5) is 4.79 Å². The van der Waals surface area contributed by atoms with Gasteiger partial charge < -0.3 is 14.9 Å². The molecule has 1 saturated heterocycles. The third-order valence-electron chi connectivity index (χ3n) is 5.14. The second-order valence-corrected chi connectivity index (χ2v) is 6.33. The van der Waals surface area contributed by atoms with E-state index in [0.717, 1.165) is 38.6 Å². The lowest BCUT2D eigenvalue weighted by atomic mass is 9.77. The Bertz CT molecular complexity index is 440. The van der Waals surface area contributed by atoms with Gasteiger partial charge in [0, 0.05) is 31.6 Å². The molecule has 1 N–H and O–H groups in total. The highest BCUT2D eigenvalue weighted by Gasteiger charge is 2.52. The monoisotopic (exact) mass is 278 g/mol. The zero-order valence-corrected chi connectivity index (χ0v) is 11.8. The molecule has 5 heteroatoms. The van der Waals surface area contributed by atoms with Crippen LogP contribution in [0.5, 0.6) is 0 Å². The van der Waals surface area contributed by atoms with Crippen molar-refractivity contribution in [3.05, 3.63) is 12.2 Å². The summed E-state index contributed by atoms with van der Waals surface area (Å²) in [5.74, 6) is -1.12. The van der Waals surface area contributed by atoms with Crippen molar-refractivity contribution in [1.29, 1.82) is 0 Å². The van der Waals surface area contributed by atoms with Crippen LogP contribution in [0.3, 0.4) is 0 Å². The number of hydrogen-bond donors (Lipinski definition) is 1. The first-order chi connectivity index (χ1) is 9.62. The molecule has 0 bridgehead atoms. The van der Waals surface area contributed by atoms with Gasteiger partial charge in [-0.25, -0.2) is 4.79 Å². The van der Waals surface area contributed by atoms with Gasteiger partial charge in [0.2, 0.25) is 0 Å². The number of carboxylic acid groups (broad SMARTS) is 1. The molecule has 3 rings (SSSR count). The summed E-state index contributed by atoms with van der Waals surface area (Å²) >= 11 is 0. The maximum atomic E-state index is 12.5. The van der Waals surface area contributed by atoms with E-state index in [4.69, 9.17) is 0 Å². The Labute approximate surface area is 119 Å². The Morgan fingerprint density at radius 1 is 1.15 bits per heavy atom. The Balaban J connectivity index is 1.74. The number of nitrogens with zero attached hydrogens (tertiary/aromatic N) is 2. The summed E-state index contributed by atoms with van der Waals surface area (Å²) < 4.78 is 0. The second kappa shape index (κ2) is 5.11. The zero-order chi connectivity index (χ0) is 14.2. The third-order valence-corrected chi connectivity index (χ3v) is 5.14. The van der Waals surface area contributed by atoms with E-state index in [9.17, 15) is 14.7 Å². The van der Waals surface area contributed by atoms with Crippen LogP contribution in [-0.2, 0) is 4.79 Å². The van der Waals surface area contributed by atoms with Gasteiger partial charge >= 0.3 is 12.0 Å². The highest BCUT2D eigenvalue weighted by atomic mass is 16.4. The minimum Gasteiger partial charge on any atom is -0.481 e. The van der Waals surface area contributed by atoms with Crippen molar-refractivity contribution in [2.45, 2.75) is 32.1 Å². The quantitative estimate of drug-likeness (QED) is 0.746. The summed E-state index contributed by atoms with van der Waals surface area (Å²) in [5, 5.41) is 9.49. The summed E-state index contributed by atoms with van der Waals surface area (Å²) in [6.45, 7) is 2.41. The van der Waals surface area contributed by atoms with E-state index in [1.807, 2.05) is 11.0 Å². The van der Waals surface area contributed by atoms with E-state index in [1.165, 1.54) is 0 Å². The average Bonchev–Trinajstić information content (AvgIpc) is 3.07. The fourth-order valence-electron chi connectivity index (χ4n) is 4.06. The molecule has 110 valence electrons. The number of likely N-dealkylation sites (tertiary alicyclic amines) is 1. The van der Waals surface area contributed by atoms with Crippen LogP contribution in [0.2, 0.25) is 0 Å². The molecule has 1 atom stereocenters. The minimum absolute atomic E-state index is 0.0179. The molecule has 5 nitrogen and oxygen atoms in total. The molecule has 3 aliphatic rings. The van der Waals surface area contributed by atoms with Crippen LogP contribution < -0.4 is 0 Å². The molecule has 2 fully saturated rings. The molecule has 2 heterocycles. The van der Waals surface area contributed by atoms with Gasteiger partial charge in [-0.05, 0) is 19.3 Å². The molecule has 1 saturated carbocycles. The summed E-state index contributed by atoms with van der Waals surface area (Å²) in [6, 6.07) is 0.0179. The number of carbonyl (C=O) groups excluding carboxylic acids is 1. The first-order valence-electron chi connectivity index (χ1n) is 7.54. The van der Waals surface area contributed by atoms with Gasteiger partial charge in [0.25, 0.3) is 0 Å². The second-order valence-electron chi connectivity index (χ2n) is 6.33. The van der Waals surface area contributed by atoms with Gasteiger partial charge in [-0.1, -0.05) is 25.0 Å². The fraction of sp³-hybridized carbons (Fsp3) is 0.733. The SMILES string of the molecule is O=C(O)C1CN(C(=O)N2CC=CCC2)CC12CCCC2. The van der Waals surface area contributed by atoms with Gasteiger partial charge in [0.1, 0.15) is 0 Å². The number of rotatable bonds is 1. The number of amides is 2. The zero-order valence-electron chi connectivity index (χ0n) is 11.8.